The normalized spacial score (nSPS) is 10.2. The van der Waals surface area contributed by atoms with E-state index in [2.05, 4.69) is 32.2 Å². The van der Waals surface area contributed by atoms with E-state index in [9.17, 15) is 0 Å². The second-order valence-electron chi connectivity index (χ2n) is 2.46. The van der Waals surface area contributed by atoms with Crippen LogP contribution in [0, 0.1) is 6.92 Å². The standard InChI is InChI=1S/C8H11BrN2S/c1-6-7(3-9)4-10-8(11-6)5-12-2/h4H,3,5H2,1-2H3. The molecule has 66 valence electrons. The summed E-state index contributed by atoms with van der Waals surface area (Å²) in [5, 5.41) is 0.832. The van der Waals surface area contributed by atoms with E-state index in [1.54, 1.807) is 11.8 Å². The van der Waals surface area contributed by atoms with E-state index in [1.807, 2.05) is 13.1 Å². The molecule has 0 bridgehead atoms. The van der Waals surface area contributed by atoms with E-state index in [4.69, 9.17) is 0 Å². The Balaban J connectivity index is 2.86. The van der Waals surface area contributed by atoms with Gasteiger partial charge in [-0.1, -0.05) is 15.9 Å². The van der Waals surface area contributed by atoms with Gasteiger partial charge in [0.25, 0.3) is 0 Å². The van der Waals surface area contributed by atoms with Crippen LogP contribution in [0.1, 0.15) is 17.1 Å². The topological polar surface area (TPSA) is 25.8 Å². The third-order valence-corrected chi connectivity index (χ3v) is 2.70. The van der Waals surface area contributed by atoms with Gasteiger partial charge in [0.2, 0.25) is 0 Å². The molecule has 0 spiro atoms. The monoisotopic (exact) mass is 246 g/mol. The van der Waals surface area contributed by atoms with Gasteiger partial charge in [0, 0.05) is 22.8 Å². The molecule has 0 N–H and O–H groups in total. The van der Waals surface area contributed by atoms with E-state index in [0.717, 1.165) is 22.6 Å². The quantitative estimate of drug-likeness (QED) is 0.767. The first kappa shape index (κ1) is 9.99. The van der Waals surface area contributed by atoms with Crippen LogP contribution in [0.4, 0.5) is 0 Å². The van der Waals surface area contributed by atoms with E-state index in [-0.39, 0.29) is 0 Å². The summed E-state index contributed by atoms with van der Waals surface area (Å²) < 4.78 is 0. The fourth-order valence-corrected chi connectivity index (χ4v) is 1.82. The van der Waals surface area contributed by atoms with Gasteiger partial charge in [0.1, 0.15) is 5.82 Å². The highest BCUT2D eigenvalue weighted by molar-refractivity contribution is 9.08. The van der Waals surface area contributed by atoms with Crippen molar-refractivity contribution >= 4 is 27.7 Å². The van der Waals surface area contributed by atoms with Crippen LogP contribution < -0.4 is 0 Å². The van der Waals surface area contributed by atoms with Crippen molar-refractivity contribution < 1.29 is 0 Å². The minimum absolute atomic E-state index is 0.832. The molecule has 1 aromatic heterocycles. The van der Waals surface area contributed by atoms with Gasteiger partial charge in [0.15, 0.2) is 0 Å². The maximum absolute atomic E-state index is 4.37. The Hall–Kier alpha value is -0.0900. The molecule has 0 aliphatic heterocycles. The molecule has 0 radical (unpaired) electrons. The molecule has 0 aliphatic carbocycles. The van der Waals surface area contributed by atoms with Crippen molar-refractivity contribution in [3.63, 3.8) is 0 Å². The predicted octanol–water partition coefficient (Wildman–Crippen LogP) is 2.54. The summed E-state index contributed by atoms with van der Waals surface area (Å²) in [5.74, 6) is 1.81. The van der Waals surface area contributed by atoms with Crippen molar-refractivity contribution in [3.8, 4) is 0 Å². The minimum Gasteiger partial charge on any atom is -0.240 e. The highest BCUT2D eigenvalue weighted by Crippen LogP contribution is 2.10. The number of thioether (sulfide) groups is 1. The van der Waals surface area contributed by atoms with Gasteiger partial charge in [-0.3, -0.25) is 0 Å². The summed E-state index contributed by atoms with van der Waals surface area (Å²) in [6.45, 7) is 2.02. The molecule has 1 rings (SSSR count). The molecular weight excluding hydrogens is 236 g/mol. The van der Waals surface area contributed by atoms with Crippen molar-refractivity contribution in [3.05, 3.63) is 23.3 Å². The van der Waals surface area contributed by atoms with Crippen LogP contribution in [0.2, 0.25) is 0 Å². The Morgan fingerprint density at radius 3 is 2.83 bits per heavy atom. The fourth-order valence-electron chi connectivity index (χ4n) is 0.870. The van der Waals surface area contributed by atoms with Gasteiger partial charge in [-0.05, 0) is 13.2 Å². The van der Waals surface area contributed by atoms with Crippen LogP contribution in [-0.2, 0) is 11.1 Å². The lowest BCUT2D eigenvalue weighted by Crippen LogP contribution is -1.98. The summed E-state index contributed by atoms with van der Waals surface area (Å²) in [6, 6.07) is 0. The SMILES string of the molecule is CSCc1ncc(CBr)c(C)n1. The van der Waals surface area contributed by atoms with Gasteiger partial charge in [-0.2, -0.15) is 11.8 Å². The number of alkyl halides is 1. The Bertz CT molecular complexity index is 265. The smallest absolute Gasteiger partial charge is 0.138 e. The summed E-state index contributed by atoms with van der Waals surface area (Å²) in [5.41, 5.74) is 2.24. The molecule has 1 aromatic rings. The summed E-state index contributed by atoms with van der Waals surface area (Å²) in [7, 11) is 0. The van der Waals surface area contributed by atoms with Gasteiger partial charge < -0.3 is 0 Å². The van der Waals surface area contributed by atoms with Crippen molar-refractivity contribution in [2.75, 3.05) is 6.26 Å². The Labute approximate surface area is 85.3 Å². The van der Waals surface area contributed by atoms with Gasteiger partial charge in [-0.15, -0.1) is 0 Å². The Kier molecular flexibility index (Phi) is 4.01. The molecule has 0 aromatic carbocycles. The summed E-state index contributed by atoms with van der Waals surface area (Å²) >= 11 is 5.13. The number of nitrogens with zero attached hydrogens (tertiary/aromatic N) is 2. The fraction of sp³-hybridized carbons (Fsp3) is 0.500. The lowest BCUT2D eigenvalue weighted by Gasteiger charge is -2.02. The van der Waals surface area contributed by atoms with Crippen molar-refractivity contribution in [2.24, 2.45) is 0 Å². The summed E-state index contributed by atoms with van der Waals surface area (Å²) in [6.07, 6.45) is 3.94. The molecule has 0 unspecified atom stereocenters. The molecule has 0 saturated carbocycles. The van der Waals surface area contributed by atoms with Crippen LogP contribution in [0.15, 0.2) is 6.20 Å². The molecule has 2 nitrogen and oxygen atoms in total. The molecule has 0 aliphatic rings. The van der Waals surface area contributed by atoms with Crippen molar-refractivity contribution in [1.82, 2.24) is 9.97 Å². The van der Waals surface area contributed by atoms with Crippen LogP contribution in [0.3, 0.4) is 0 Å². The summed E-state index contributed by atoms with van der Waals surface area (Å²) in [4.78, 5) is 8.61. The number of aromatic nitrogens is 2. The van der Waals surface area contributed by atoms with Crippen LogP contribution in [0.25, 0.3) is 0 Å². The number of hydrogen-bond donors (Lipinski definition) is 0. The zero-order valence-corrected chi connectivity index (χ0v) is 9.57. The van der Waals surface area contributed by atoms with Crippen LogP contribution in [0.5, 0.6) is 0 Å². The van der Waals surface area contributed by atoms with Crippen molar-refractivity contribution in [1.29, 1.82) is 0 Å². The van der Waals surface area contributed by atoms with Gasteiger partial charge in [-0.25, -0.2) is 9.97 Å². The van der Waals surface area contributed by atoms with Gasteiger partial charge >= 0.3 is 0 Å². The predicted molar refractivity (Wildman–Crippen MR) is 56.6 cm³/mol. The number of rotatable bonds is 3. The molecule has 1 heterocycles. The Morgan fingerprint density at radius 2 is 2.33 bits per heavy atom. The van der Waals surface area contributed by atoms with E-state index in [1.165, 1.54) is 5.56 Å². The van der Waals surface area contributed by atoms with Crippen molar-refractivity contribution in [2.45, 2.75) is 18.0 Å². The average Bonchev–Trinajstić information content (AvgIpc) is 2.05. The Morgan fingerprint density at radius 1 is 1.58 bits per heavy atom. The molecule has 0 fully saturated rings. The first-order valence-electron chi connectivity index (χ1n) is 3.64. The molecule has 0 atom stereocenters. The minimum atomic E-state index is 0.832. The van der Waals surface area contributed by atoms with Crippen LogP contribution >= 0.6 is 27.7 Å². The first-order valence-corrected chi connectivity index (χ1v) is 6.15. The maximum atomic E-state index is 4.37. The van der Waals surface area contributed by atoms with E-state index in [0.29, 0.717) is 0 Å². The lowest BCUT2D eigenvalue weighted by atomic mass is 10.3. The molecule has 4 heteroatoms. The highest BCUT2D eigenvalue weighted by atomic mass is 79.9. The highest BCUT2D eigenvalue weighted by Gasteiger charge is 2.00. The van der Waals surface area contributed by atoms with E-state index < -0.39 is 0 Å². The third kappa shape index (κ3) is 2.45. The zero-order chi connectivity index (χ0) is 8.97. The maximum Gasteiger partial charge on any atom is 0.138 e. The number of halogens is 1. The number of hydrogen-bond acceptors (Lipinski definition) is 3. The second kappa shape index (κ2) is 4.82. The van der Waals surface area contributed by atoms with Gasteiger partial charge in [0.05, 0.1) is 5.75 Å². The molecule has 0 amide bonds. The third-order valence-electron chi connectivity index (χ3n) is 1.55. The largest absolute Gasteiger partial charge is 0.240 e. The molecule has 12 heavy (non-hydrogen) atoms. The second-order valence-corrected chi connectivity index (χ2v) is 3.89. The molecule has 0 saturated heterocycles. The van der Waals surface area contributed by atoms with Crippen LogP contribution in [-0.4, -0.2) is 16.2 Å². The molecular formula is C8H11BrN2S. The first-order chi connectivity index (χ1) is 5.77. The number of aryl methyl sites for hydroxylation is 1. The average molecular weight is 247 g/mol. The zero-order valence-electron chi connectivity index (χ0n) is 7.17. The lowest BCUT2D eigenvalue weighted by molar-refractivity contribution is 0.971. The van der Waals surface area contributed by atoms with E-state index >= 15 is 0 Å².